The van der Waals surface area contributed by atoms with E-state index in [1.165, 1.54) is 11.1 Å². The number of fused-ring (bicyclic) bond motifs is 1. The minimum Gasteiger partial charge on any atom is -0.455 e. The first-order chi connectivity index (χ1) is 11.6. The molecular formula is C20H21NO3. The van der Waals surface area contributed by atoms with Crippen molar-refractivity contribution in [2.24, 2.45) is 0 Å². The van der Waals surface area contributed by atoms with Gasteiger partial charge in [-0.05, 0) is 30.0 Å². The van der Waals surface area contributed by atoms with Crippen LogP contribution in [0.15, 0.2) is 48.5 Å². The van der Waals surface area contributed by atoms with E-state index in [1.54, 1.807) is 4.90 Å². The Hall–Kier alpha value is -2.62. The number of amides is 1. The van der Waals surface area contributed by atoms with Gasteiger partial charge in [0.15, 0.2) is 6.61 Å². The first-order valence-electron chi connectivity index (χ1n) is 8.17. The Morgan fingerprint density at radius 2 is 1.75 bits per heavy atom. The smallest absolute Gasteiger partial charge is 0.310 e. The zero-order valence-corrected chi connectivity index (χ0v) is 13.8. The van der Waals surface area contributed by atoms with Gasteiger partial charge in [-0.15, -0.1) is 0 Å². The summed E-state index contributed by atoms with van der Waals surface area (Å²) < 4.78 is 5.15. The lowest BCUT2D eigenvalue weighted by Gasteiger charge is -2.28. The van der Waals surface area contributed by atoms with E-state index in [-0.39, 0.29) is 24.9 Å². The van der Waals surface area contributed by atoms with Crippen molar-refractivity contribution in [2.75, 3.05) is 13.2 Å². The Morgan fingerprint density at radius 3 is 2.50 bits per heavy atom. The van der Waals surface area contributed by atoms with Crippen molar-refractivity contribution in [3.63, 3.8) is 0 Å². The lowest BCUT2D eigenvalue weighted by atomic mass is 10.00. The number of hydrogen-bond donors (Lipinski definition) is 0. The Labute approximate surface area is 142 Å². The highest BCUT2D eigenvalue weighted by Gasteiger charge is 2.21. The molecule has 4 heteroatoms. The minimum atomic E-state index is -0.371. The third-order valence-corrected chi connectivity index (χ3v) is 4.31. The van der Waals surface area contributed by atoms with Crippen molar-refractivity contribution in [3.05, 3.63) is 70.8 Å². The number of aryl methyl sites for hydroxylation is 1. The zero-order chi connectivity index (χ0) is 16.9. The molecule has 0 radical (unpaired) electrons. The average Bonchev–Trinajstić information content (AvgIpc) is 2.61. The monoisotopic (exact) mass is 323 g/mol. The van der Waals surface area contributed by atoms with E-state index in [0.29, 0.717) is 13.1 Å². The molecule has 0 aliphatic carbocycles. The number of esters is 1. The Kier molecular flexibility index (Phi) is 4.94. The summed E-state index contributed by atoms with van der Waals surface area (Å²) in [5.41, 5.74) is 4.50. The van der Waals surface area contributed by atoms with Crippen molar-refractivity contribution in [2.45, 2.75) is 26.3 Å². The van der Waals surface area contributed by atoms with E-state index < -0.39 is 0 Å². The first kappa shape index (κ1) is 16.2. The van der Waals surface area contributed by atoms with Crippen molar-refractivity contribution in [1.29, 1.82) is 0 Å². The van der Waals surface area contributed by atoms with E-state index in [1.807, 2.05) is 49.4 Å². The van der Waals surface area contributed by atoms with Crippen LogP contribution in [0.25, 0.3) is 0 Å². The molecule has 0 unspecified atom stereocenters. The van der Waals surface area contributed by atoms with E-state index in [2.05, 4.69) is 6.07 Å². The Bertz CT molecular complexity index is 737. The number of nitrogens with zero attached hydrogens (tertiary/aromatic N) is 1. The highest BCUT2D eigenvalue weighted by Crippen LogP contribution is 2.18. The molecule has 124 valence electrons. The maximum absolute atomic E-state index is 12.3. The molecule has 2 aromatic rings. The molecule has 3 rings (SSSR count). The molecule has 1 aliphatic heterocycles. The van der Waals surface area contributed by atoms with Gasteiger partial charge in [-0.25, -0.2) is 0 Å². The quantitative estimate of drug-likeness (QED) is 0.813. The Balaban J connectivity index is 1.49. The van der Waals surface area contributed by atoms with Crippen LogP contribution in [0.4, 0.5) is 0 Å². The molecule has 0 spiro atoms. The van der Waals surface area contributed by atoms with Gasteiger partial charge in [-0.1, -0.05) is 54.1 Å². The second-order valence-electron chi connectivity index (χ2n) is 6.16. The highest BCUT2D eigenvalue weighted by atomic mass is 16.5. The standard InChI is InChI=1S/C20H21NO3/c1-15-6-8-16(9-7-15)12-20(23)24-14-19(22)21-11-10-17-4-2-3-5-18(17)13-21/h2-9H,10-14H2,1H3. The average molecular weight is 323 g/mol. The van der Waals surface area contributed by atoms with Crippen LogP contribution in [-0.2, 0) is 33.7 Å². The molecule has 0 N–H and O–H groups in total. The van der Waals surface area contributed by atoms with Gasteiger partial charge in [-0.3, -0.25) is 9.59 Å². The fourth-order valence-electron chi connectivity index (χ4n) is 2.87. The summed E-state index contributed by atoms with van der Waals surface area (Å²) in [4.78, 5) is 25.9. The Morgan fingerprint density at radius 1 is 1.04 bits per heavy atom. The SMILES string of the molecule is Cc1ccc(CC(=O)OCC(=O)N2CCc3ccccc3C2)cc1. The van der Waals surface area contributed by atoms with Gasteiger partial charge in [0.1, 0.15) is 0 Å². The van der Waals surface area contributed by atoms with Crippen molar-refractivity contribution >= 4 is 11.9 Å². The minimum absolute atomic E-state index is 0.137. The second kappa shape index (κ2) is 7.30. The number of ether oxygens (including phenoxy) is 1. The topological polar surface area (TPSA) is 46.6 Å². The van der Waals surface area contributed by atoms with Crippen LogP contribution in [0, 0.1) is 6.92 Å². The molecule has 0 saturated carbocycles. The summed E-state index contributed by atoms with van der Waals surface area (Å²) in [6, 6.07) is 15.9. The summed E-state index contributed by atoms with van der Waals surface area (Å²) in [5.74, 6) is -0.508. The number of benzene rings is 2. The highest BCUT2D eigenvalue weighted by molar-refractivity contribution is 5.81. The van der Waals surface area contributed by atoms with Crippen LogP contribution in [0.5, 0.6) is 0 Å². The van der Waals surface area contributed by atoms with Crippen LogP contribution in [0.1, 0.15) is 22.3 Å². The van der Waals surface area contributed by atoms with Crippen LogP contribution in [-0.4, -0.2) is 29.9 Å². The lowest BCUT2D eigenvalue weighted by molar-refractivity contribution is -0.151. The molecule has 0 fully saturated rings. The normalized spacial score (nSPS) is 13.3. The predicted molar refractivity (Wildman–Crippen MR) is 91.4 cm³/mol. The molecule has 1 heterocycles. The van der Waals surface area contributed by atoms with Gasteiger partial charge in [0.05, 0.1) is 6.42 Å². The van der Waals surface area contributed by atoms with Crippen LogP contribution < -0.4 is 0 Å². The lowest BCUT2D eigenvalue weighted by Crippen LogP contribution is -2.38. The number of hydrogen-bond acceptors (Lipinski definition) is 3. The first-order valence-corrected chi connectivity index (χ1v) is 8.17. The number of carbonyl (C=O) groups excluding carboxylic acids is 2. The molecule has 4 nitrogen and oxygen atoms in total. The van der Waals surface area contributed by atoms with Crippen molar-refractivity contribution in [1.82, 2.24) is 4.90 Å². The molecule has 0 aromatic heterocycles. The second-order valence-corrected chi connectivity index (χ2v) is 6.16. The van der Waals surface area contributed by atoms with Crippen LogP contribution in [0.2, 0.25) is 0 Å². The third-order valence-electron chi connectivity index (χ3n) is 4.31. The summed E-state index contributed by atoms with van der Waals surface area (Å²) in [5, 5.41) is 0. The maximum atomic E-state index is 12.3. The molecule has 0 atom stereocenters. The van der Waals surface area contributed by atoms with Gasteiger partial charge >= 0.3 is 5.97 Å². The zero-order valence-electron chi connectivity index (χ0n) is 13.8. The van der Waals surface area contributed by atoms with Crippen molar-refractivity contribution < 1.29 is 14.3 Å². The number of carbonyl (C=O) groups is 2. The van der Waals surface area contributed by atoms with Crippen molar-refractivity contribution in [3.8, 4) is 0 Å². The maximum Gasteiger partial charge on any atom is 0.310 e. The summed E-state index contributed by atoms with van der Waals surface area (Å²) in [6.07, 6.45) is 1.04. The van der Waals surface area contributed by atoms with Gasteiger partial charge in [-0.2, -0.15) is 0 Å². The molecule has 24 heavy (non-hydrogen) atoms. The predicted octanol–water partition coefficient (Wildman–Crippen LogP) is 2.67. The van der Waals surface area contributed by atoms with Crippen LogP contribution >= 0.6 is 0 Å². The fourth-order valence-corrected chi connectivity index (χ4v) is 2.87. The van der Waals surface area contributed by atoms with E-state index in [0.717, 1.165) is 17.5 Å². The van der Waals surface area contributed by atoms with Gasteiger partial charge in [0.25, 0.3) is 5.91 Å². The van der Waals surface area contributed by atoms with Crippen LogP contribution in [0.3, 0.4) is 0 Å². The van der Waals surface area contributed by atoms with Gasteiger partial charge in [0.2, 0.25) is 0 Å². The molecular weight excluding hydrogens is 302 g/mol. The molecule has 2 aromatic carbocycles. The largest absolute Gasteiger partial charge is 0.455 e. The molecule has 1 amide bonds. The number of rotatable bonds is 4. The third kappa shape index (κ3) is 4.02. The van der Waals surface area contributed by atoms with E-state index >= 15 is 0 Å². The summed E-state index contributed by atoms with van der Waals surface area (Å²) >= 11 is 0. The molecule has 0 saturated heterocycles. The van der Waals surface area contributed by atoms with Gasteiger partial charge < -0.3 is 9.64 Å². The van der Waals surface area contributed by atoms with E-state index in [9.17, 15) is 9.59 Å². The van der Waals surface area contributed by atoms with E-state index in [4.69, 9.17) is 4.74 Å². The summed E-state index contributed by atoms with van der Waals surface area (Å²) in [6.45, 7) is 3.07. The fraction of sp³-hybridized carbons (Fsp3) is 0.300. The molecule has 0 bridgehead atoms. The summed E-state index contributed by atoms with van der Waals surface area (Å²) in [7, 11) is 0. The molecule has 1 aliphatic rings. The van der Waals surface area contributed by atoms with Gasteiger partial charge in [0, 0.05) is 13.1 Å².